The van der Waals surface area contributed by atoms with E-state index in [-0.39, 0.29) is 30.6 Å². The van der Waals surface area contributed by atoms with Gasteiger partial charge < -0.3 is 10.7 Å². The Bertz CT molecular complexity index is 988. The Hall–Kier alpha value is -2.58. The first-order chi connectivity index (χ1) is 14.6. The van der Waals surface area contributed by atoms with Crippen LogP contribution in [-0.4, -0.2) is 21.8 Å². The molecule has 3 aromatic rings. The number of imidazole rings is 1. The van der Waals surface area contributed by atoms with Gasteiger partial charge in [-0.3, -0.25) is 4.79 Å². The molecule has 0 unspecified atom stereocenters. The maximum atomic E-state index is 12.4. The van der Waals surface area contributed by atoms with Gasteiger partial charge in [0, 0.05) is 35.9 Å². The highest BCUT2D eigenvalue weighted by atomic mass is 35.5. The molecule has 3 N–H and O–H groups in total. The Morgan fingerprint density at radius 1 is 0.969 bits per heavy atom. The van der Waals surface area contributed by atoms with Crippen molar-refractivity contribution in [2.45, 2.75) is 51.5 Å². The lowest BCUT2D eigenvalue weighted by Crippen LogP contribution is -2.34. The summed E-state index contributed by atoms with van der Waals surface area (Å²) in [5.41, 5.74) is 11.2. The van der Waals surface area contributed by atoms with Gasteiger partial charge in [0.1, 0.15) is 0 Å². The van der Waals surface area contributed by atoms with Crippen molar-refractivity contribution in [3.63, 3.8) is 0 Å². The van der Waals surface area contributed by atoms with Crippen molar-refractivity contribution in [2.75, 3.05) is 0 Å². The molecule has 1 heterocycles. The normalized spacial score (nSPS) is 10.8. The van der Waals surface area contributed by atoms with Gasteiger partial charge in [-0.25, -0.2) is 4.98 Å². The van der Waals surface area contributed by atoms with Gasteiger partial charge in [-0.15, -0.1) is 24.8 Å². The molecule has 32 heavy (non-hydrogen) atoms. The van der Waals surface area contributed by atoms with E-state index in [9.17, 15) is 4.79 Å². The van der Waals surface area contributed by atoms with Crippen LogP contribution in [0.2, 0.25) is 0 Å². The molecule has 0 aliphatic heterocycles. The summed E-state index contributed by atoms with van der Waals surface area (Å²) in [6.45, 7) is 2.22. The van der Waals surface area contributed by atoms with E-state index in [4.69, 9.17) is 5.73 Å². The van der Waals surface area contributed by atoms with Crippen LogP contribution in [0.15, 0.2) is 61.1 Å². The molecule has 0 saturated carbocycles. The Labute approximate surface area is 203 Å². The van der Waals surface area contributed by atoms with Gasteiger partial charge in [0.15, 0.2) is 5.78 Å². The van der Waals surface area contributed by atoms with Gasteiger partial charge in [0.2, 0.25) is 0 Å². The fraction of sp³-hybridized carbons (Fsp3) is 0.308. The third-order valence-electron chi connectivity index (χ3n) is 5.11. The number of halogens is 2. The molecular formula is C26H31Cl2N3O. The molecule has 0 amide bonds. The second kappa shape index (κ2) is 14.5. The van der Waals surface area contributed by atoms with Crippen molar-refractivity contribution in [2.24, 2.45) is 5.73 Å². The number of nitrogens with two attached hydrogens (primary N) is 1. The Kier molecular flexibility index (Phi) is 12.4. The zero-order chi connectivity index (χ0) is 21.2. The molecule has 6 heteroatoms. The average molecular weight is 472 g/mol. The van der Waals surface area contributed by atoms with Crippen LogP contribution < -0.4 is 5.73 Å². The van der Waals surface area contributed by atoms with Crippen molar-refractivity contribution < 1.29 is 4.79 Å². The summed E-state index contributed by atoms with van der Waals surface area (Å²) in [6, 6.07) is 15.8. The van der Waals surface area contributed by atoms with Crippen LogP contribution in [0, 0.1) is 11.8 Å². The standard InChI is InChI=1S/C26H29N3O.2ClH/c1-2-3-4-5-20-6-8-21(9-7-20)10-11-22-12-14-23(15-13-22)16-26(30)25(27)17-24-18-28-19-29-24;;/h6-9,12-15,18-19,25H,2-5,16-17,27H2,1H3,(H,28,29);2*1H/t25-;;/m0../s1. The van der Waals surface area contributed by atoms with Crippen molar-refractivity contribution in [3.05, 3.63) is 89.0 Å². The number of aromatic nitrogens is 2. The summed E-state index contributed by atoms with van der Waals surface area (Å²) in [5, 5.41) is 0. The summed E-state index contributed by atoms with van der Waals surface area (Å²) < 4.78 is 0. The molecule has 170 valence electrons. The number of carbonyl (C=O) groups is 1. The van der Waals surface area contributed by atoms with E-state index in [1.807, 2.05) is 24.3 Å². The van der Waals surface area contributed by atoms with Crippen molar-refractivity contribution >= 4 is 30.6 Å². The number of nitrogens with zero attached hydrogens (tertiary/aromatic N) is 1. The predicted molar refractivity (Wildman–Crippen MR) is 136 cm³/mol. The largest absolute Gasteiger partial charge is 0.348 e. The Balaban J connectivity index is 0.00000256. The first-order valence-electron chi connectivity index (χ1n) is 10.6. The summed E-state index contributed by atoms with van der Waals surface area (Å²) in [6.07, 6.45) is 8.97. The van der Waals surface area contributed by atoms with E-state index in [0.29, 0.717) is 12.8 Å². The van der Waals surface area contributed by atoms with Crippen LogP contribution in [0.4, 0.5) is 0 Å². The van der Waals surface area contributed by atoms with E-state index in [1.54, 1.807) is 12.5 Å². The van der Waals surface area contributed by atoms with Crippen molar-refractivity contribution in [1.82, 2.24) is 9.97 Å². The summed E-state index contributed by atoms with van der Waals surface area (Å²) in [4.78, 5) is 19.3. The number of hydrogen-bond acceptors (Lipinski definition) is 3. The van der Waals surface area contributed by atoms with Crippen molar-refractivity contribution in [1.29, 1.82) is 0 Å². The second-order valence-corrected chi connectivity index (χ2v) is 7.63. The smallest absolute Gasteiger partial charge is 0.154 e. The zero-order valence-corrected chi connectivity index (χ0v) is 20.0. The summed E-state index contributed by atoms with van der Waals surface area (Å²) >= 11 is 0. The number of ketones is 1. The molecule has 3 rings (SSSR count). The highest BCUT2D eigenvalue weighted by molar-refractivity contribution is 5.86. The molecule has 4 nitrogen and oxygen atoms in total. The lowest BCUT2D eigenvalue weighted by molar-refractivity contribution is -0.119. The number of Topliss-reactive ketones (excluding diaryl/α,β-unsaturated/α-hetero) is 1. The van der Waals surface area contributed by atoms with Crippen molar-refractivity contribution in [3.8, 4) is 11.8 Å². The molecule has 2 aromatic carbocycles. The van der Waals surface area contributed by atoms with E-state index in [1.165, 1.54) is 24.8 Å². The lowest BCUT2D eigenvalue weighted by atomic mass is 10.0. The number of unbranched alkanes of at least 4 members (excludes halogenated alkanes) is 2. The monoisotopic (exact) mass is 471 g/mol. The van der Waals surface area contributed by atoms with Gasteiger partial charge in [-0.05, 0) is 48.2 Å². The maximum absolute atomic E-state index is 12.4. The van der Waals surface area contributed by atoms with Crippen LogP contribution in [0.3, 0.4) is 0 Å². The average Bonchev–Trinajstić information content (AvgIpc) is 3.27. The van der Waals surface area contributed by atoms with Crippen LogP contribution in [0.1, 0.15) is 54.1 Å². The summed E-state index contributed by atoms with van der Waals surface area (Å²) in [7, 11) is 0. The first-order valence-corrected chi connectivity index (χ1v) is 10.6. The van der Waals surface area contributed by atoms with Crippen LogP contribution in [0.5, 0.6) is 0 Å². The third-order valence-corrected chi connectivity index (χ3v) is 5.11. The number of nitrogens with one attached hydrogen (secondary N) is 1. The molecule has 1 atom stereocenters. The Morgan fingerprint density at radius 3 is 2.09 bits per heavy atom. The minimum Gasteiger partial charge on any atom is -0.348 e. The number of benzene rings is 2. The molecule has 0 aliphatic rings. The molecule has 0 spiro atoms. The van der Waals surface area contributed by atoms with Gasteiger partial charge in [-0.1, -0.05) is 55.9 Å². The minimum absolute atomic E-state index is 0. The third kappa shape index (κ3) is 8.88. The van der Waals surface area contributed by atoms with Gasteiger partial charge in [-0.2, -0.15) is 0 Å². The van der Waals surface area contributed by atoms with Gasteiger partial charge in [0.25, 0.3) is 0 Å². The fourth-order valence-electron chi connectivity index (χ4n) is 3.26. The first kappa shape index (κ1) is 27.5. The molecule has 0 radical (unpaired) electrons. The number of aryl methyl sites for hydroxylation is 1. The molecule has 1 aromatic heterocycles. The van der Waals surface area contributed by atoms with Crippen LogP contribution in [0.25, 0.3) is 0 Å². The fourth-order valence-corrected chi connectivity index (χ4v) is 3.26. The minimum atomic E-state index is -0.533. The van der Waals surface area contributed by atoms with Gasteiger partial charge >= 0.3 is 0 Å². The molecular weight excluding hydrogens is 441 g/mol. The highest BCUT2D eigenvalue weighted by Gasteiger charge is 2.15. The van der Waals surface area contributed by atoms with E-state index in [2.05, 4.69) is 53.0 Å². The second-order valence-electron chi connectivity index (χ2n) is 7.63. The maximum Gasteiger partial charge on any atom is 0.154 e. The summed E-state index contributed by atoms with van der Waals surface area (Å²) in [5.74, 6) is 6.42. The van der Waals surface area contributed by atoms with Crippen LogP contribution in [-0.2, 0) is 24.1 Å². The predicted octanol–water partition coefficient (Wildman–Crippen LogP) is 5.07. The van der Waals surface area contributed by atoms with E-state index < -0.39 is 6.04 Å². The molecule has 0 aliphatic carbocycles. The number of aromatic amines is 1. The number of hydrogen-bond donors (Lipinski definition) is 2. The number of rotatable bonds is 9. The lowest BCUT2D eigenvalue weighted by Gasteiger charge is -2.09. The van der Waals surface area contributed by atoms with E-state index >= 15 is 0 Å². The zero-order valence-electron chi connectivity index (χ0n) is 18.3. The van der Waals surface area contributed by atoms with E-state index in [0.717, 1.165) is 28.8 Å². The SMILES string of the molecule is CCCCCc1ccc(C#Cc2ccc(CC(=O)[C@@H](N)Cc3cnc[nH]3)cc2)cc1.Cl.Cl. The quantitative estimate of drug-likeness (QED) is 0.338. The van der Waals surface area contributed by atoms with Gasteiger partial charge in [0.05, 0.1) is 12.4 Å². The number of H-pyrrole nitrogens is 1. The topological polar surface area (TPSA) is 71.8 Å². The number of carbonyl (C=O) groups excluding carboxylic acids is 1. The molecule has 0 fully saturated rings. The molecule has 0 saturated heterocycles. The van der Waals surface area contributed by atoms with Crippen LogP contribution >= 0.6 is 24.8 Å². The molecule has 0 bridgehead atoms. The Morgan fingerprint density at radius 2 is 1.56 bits per heavy atom. The highest BCUT2D eigenvalue weighted by Crippen LogP contribution is 2.10.